The SMILES string of the molecule is Cn1ccc(-c2nnc(CNC3CC3)o2)cc1=O. The molecule has 0 amide bonds. The summed E-state index contributed by atoms with van der Waals surface area (Å²) in [5.41, 5.74) is 0.562. The molecule has 2 heterocycles. The van der Waals surface area contributed by atoms with Crippen molar-refractivity contribution in [3.8, 4) is 11.5 Å². The molecule has 3 rings (SSSR count). The van der Waals surface area contributed by atoms with Gasteiger partial charge in [-0.15, -0.1) is 10.2 Å². The fraction of sp³-hybridized carbons (Fsp3) is 0.417. The largest absolute Gasteiger partial charge is 0.419 e. The molecule has 1 N–H and O–H groups in total. The lowest BCUT2D eigenvalue weighted by Crippen LogP contribution is -2.15. The molecule has 0 bridgehead atoms. The third kappa shape index (κ3) is 2.33. The third-order valence-corrected chi connectivity index (χ3v) is 2.94. The molecule has 1 aliphatic carbocycles. The molecule has 6 nitrogen and oxygen atoms in total. The maximum atomic E-state index is 11.5. The van der Waals surface area contributed by atoms with Crippen LogP contribution in [0.15, 0.2) is 27.5 Å². The van der Waals surface area contributed by atoms with Gasteiger partial charge in [-0.3, -0.25) is 4.79 Å². The molecular weight excluding hydrogens is 232 g/mol. The second-order valence-electron chi connectivity index (χ2n) is 4.52. The van der Waals surface area contributed by atoms with Gasteiger partial charge in [-0.25, -0.2) is 0 Å². The highest BCUT2D eigenvalue weighted by molar-refractivity contribution is 5.50. The number of aryl methyl sites for hydroxylation is 1. The number of hydrogen-bond donors (Lipinski definition) is 1. The van der Waals surface area contributed by atoms with E-state index in [-0.39, 0.29) is 5.56 Å². The fourth-order valence-corrected chi connectivity index (χ4v) is 1.64. The van der Waals surface area contributed by atoms with E-state index in [4.69, 9.17) is 4.42 Å². The smallest absolute Gasteiger partial charge is 0.251 e. The molecule has 0 unspecified atom stereocenters. The van der Waals surface area contributed by atoms with Gasteiger partial charge >= 0.3 is 0 Å². The first-order chi connectivity index (χ1) is 8.72. The number of pyridine rings is 1. The maximum absolute atomic E-state index is 11.5. The lowest BCUT2D eigenvalue weighted by molar-refractivity contribution is 0.476. The molecule has 0 aliphatic heterocycles. The Morgan fingerprint density at radius 1 is 1.50 bits per heavy atom. The van der Waals surface area contributed by atoms with Crippen LogP contribution in [0.3, 0.4) is 0 Å². The standard InChI is InChI=1S/C12H14N4O2/c1-16-5-4-8(6-11(16)17)12-15-14-10(18-12)7-13-9-2-3-9/h4-6,9,13H,2-3,7H2,1H3. The predicted octanol–water partition coefficient (Wildman–Crippen LogP) is 0.687. The van der Waals surface area contributed by atoms with Gasteiger partial charge in [0.05, 0.1) is 6.54 Å². The third-order valence-electron chi connectivity index (χ3n) is 2.94. The van der Waals surface area contributed by atoms with E-state index in [9.17, 15) is 4.79 Å². The Hall–Kier alpha value is -1.95. The first-order valence-corrected chi connectivity index (χ1v) is 5.95. The van der Waals surface area contributed by atoms with E-state index in [1.54, 1.807) is 19.3 Å². The molecule has 1 fully saturated rings. The summed E-state index contributed by atoms with van der Waals surface area (Å²) < 4.78 is 7.01. The van der Waals surface area contributed by atoms with Crippen LogP contribution in [0.25, 0.3) is 11.5 Å². The summed E-state index contributed by atoms with van der Waals surface area (Å²) in [5.74, 6) is 0.942. The van der Waals surface area contributed by atoms with Crippen LogP contribution >= 0.6 is 0 Å². The Balaban J connectivity index is 1.78. The first-order valence-electron chi connectivity index (χ1n) is 5.95. The molecule has 94 valence electrons. The summed E-state index contributed by atoms with van der Waals surface area (Å²) in [6, 6.07) is 3.88. The van der Waals surface area contributed by atoms with Gasteiger partial charge in [0.25, 0.3) is 5.56 Å². The fourth-order valence-electron chi connectivity index (χ4n) is 1.64. The predicted molar refractivity (Wildman–Crippen MR) is 64.8 cm³/mol. The number of hydrogen-bond acceptors (Lipinski definition) is 5. The molecule has 0 radical (unpaired) electrons. The van der Waals surface area contributed by atoms with Crippen LogP contribution < -0.4 is 10.9 Å². The first kappa shape index (κ1) is 11.2. The van der Waals surface area contributed by atoms with Gasteiger partial charge in [-0.2, -0.15) is 0 Å². The summed E-state index contributed by atoms with van der Waals surface area (Å²) in [4.78, 5) is 11.5. The molecular formula is C12H14N4O2. The zero-order valence-electron chi connectivity index (χ0n) is 10.1. The molecule has 1 saturated carbocycles. The second-order valence-corrected chi connectivity index (χ2v) is 4.52. The van der Waals surface area contributed by atoms with Gasteiger partial charge in [0.2, 0.25) is 11.8 Å². The van der Waals surface area contributed by atoms with E-state index in [1.807, 2.05) is 0 Å². The van der Waals surface area contributed by atoms with Gasteiger partial charge in [-0.1, -0.05) is 0 Å². The van der Waals surface area contributed by atoms with E-state index in [2.05, 4.69) is 15.5 Å². The minimum absolute atomic E-state index is 0.0941. The number of aromatic nitrogens is 3. The average molecular weight is 246 g/mol. The highest BCUT2D eigenvalue weighted by Crippen LogP contribution is 2.20. The van der Waals surface area contributed by atoms with Gasteiger partial charge in [0.1, 0.15) is 0 Å². The van der Waals surface area contributed by atoms with E-state index in [1.165, 1.54) is 23.5 Å². The maximum Gasteiger partial charge on any atom is 0.251 e. The van der Waals surface area contributed by atoms with Crippen molar-refractivity contribution in [1.82, 2.24) is 20.1 Å². The molecule has 0 spiro atoms. The van der Waals surface area contributed by atoms with Crippen molar-refractivity contribution in [1.29, 1.82) is 0 Å². The van der Waals surface area contributed by atoms with E-state index in [0.29, 0.717) is 29.9 Å². The van der Waals surface area contributed by atoms with Crippen molar-refractivity contribution < 1.29 is 4.42 Å². The molecule has 0 atom stereocenters. The van der Waals surface area contributed by atoms with Crippen molar-refractivity contribution in [2.75, 3.05) is 0 Å². The topological polar surface area (TPSA) is 73.0 Å². The second kappa shape index (κ2) is 4.38. The van der Waals surface area contributed by atoms with Crippen molar-refractivity contribution in [2.45, 2.75) is 25.4 Å². The quantitative estimate of drug-likeness (QED) is 0.859. The van der Waals surface area contributed by atoms with E-state index < -0.39 is 0 Å². The van der Waals surface area contributed by atoms with Crippen molar-refractivity contribution in [3.05, 3.63) is 34.6 Å². The van der Waals surface area contributed by atoms with Gasteiger partial charge in [0.15, 0.2) is 0 Å². The summed E-state index contributed by atoms with van der Waals surface area (Å²) >= 11 is 0. The van der Waals surface area contributed by atoms with Gasteiger partial charge in [-0.05, 0) is 18.9 Å². The Bertz CT molecular complexity index is 613. The molecule has 6 heteroatoms. The highest BCUT2D eigenvalue weighted by atomic mass is 16.4. The Labute approximate surface area is 104 Å². The number of rotatable bonds is 4. The minimum Gasteiger partial charge on any atom is -0.419 e. The Morgan fingerprint density at radius 3 is 3.06 bits per heavy atom. The summed E-state index contributed by atoms with van der Waals surface area (Å²) in [5, 5.41) is 11.2. The molecule has 0 aromatic carbocycles. The molecule has 0 saturated heterocycles. The summed E-state index contributed by atoms with van der Waals surface area (Å²) in [7, 11) is 1.70. The van der Waals surface area contributed by atoms with E-state index in [0.717, 1.165) is 0 Å². The van der Waals surface area contributed by atoms with Crippen molar-refractivity contribution >= 4 is 0 Å². The van der Waals surface area contributed by atoms with Crippen LogP contribution in [0.4, 0.5) is 0 Å². The molecule has 2 aromatic heterocycles. The number of nitrogens with zero attached hydrogens (tertiary/aromatic N) is 3. The van der Waals surface area contributed by atoms with Gasteiger partial charge in [0, 0.05) is 30.9 Å². The zero-order valence-corrected chi connectivity index (χ0v) is 10.1. The Kier molecular flexibility index (Phi) is 2.71. The average Bonchev–Trinajstić information content (AvgIpc) is 3.08. The minimum atomic E-state index is -0.0941. The van der Waals surface area contributed by atoms with Crippen LogP contribution in [0.5, 0.6) is 0 Å². The van der Waals surface area contributed by atoms with Crippen LogP contribution in [0.1, 0.15) is 18.7 Å². The van der Waals surface area contributed by atoms with E-state index >= 15 is 0 Å². The summed E-state index contributed by atoms with van der Waals surface area (Å²) in [6.45, 7) is 0.586. The van der Waals surface area contributed by atoms with Crippen molar-refractivity contribution in [2.24, 2.45) is 7.05 Å². The molecule has 18 heavy (non-hydrogen) atoms. The zero-order chi connectivity index (χ0) is 12.5. The summed E-state index contributed by atoms with van der Waals surface area (Å²) in [6.07, 6.45) is 4.12. The van der Waals surface area contributed by atoms with Crippen molar-refractivity contribution in [3.63, 3.8) is 0 Å². The van der Waals surface area contributed by atoms with Crippen LogP contribution in [-0.4, -0.2) is 20.8 Å². The van der Waals surface area contributed by atoms with Gasteiger partial charge < -0.3 is 14.3 Å². The van der Waals surface area contributed by atoms with Crippen LogP contribution in [0, 0.1) is 0 Å². The van der Waals surface area contributed by atoms with Crippen LogP contribution in [0.2, 0.25) is 0 Å². The molecule has 2 aromatic rings. The lowest BCUT2D eigenvalue weighted by atomic mass is 10.3. The lowest BCUT2D eigenvalue weighted by Gasteiger charge is -1.98. The highest BCUT2D eigenvalue weighted by Gasteiger charge is 2.21. The monoisotopic (exact) mass is 246 g/mol. The normalized spacial score (nSPS) is 14.9. The van der Waals surface area contributed by atoms with Crippen LogP contribution in [-0.2, 0) is 13.6 Å². The number of nitrogens with one attached hydrogen (secondary N) is 1. The molecule has 1 aliphatic rings. The Morgan fingerprint density at radius 2 is 2.33 bits per heavy atom.